The van der Waals surface area contributed by atoms with Crippen LogP contribution >= 0.6 is 0 Å². The average molecular weight is 480 g/mol. The van der Waals surface area contributed by atoms with E-state index in [1.807, 2.05) is 31.0 Å². The first-order chi connectivity index (χ1) is 17.2. The number of ketones is 1. The molecule has 4 rings (SSSR count). The molecule has 1 saturated heterocycles. The summed E-state index contributed by atoms with van der Waals surface area (Å²) in [6, 6.07) is 29.3. The lowest BCUT2D eigenvalue weighted by Gasteiger charge is -2.52. The van der Waals surface area contributed by atoms with Crippen LogP contribution in [0.4, 0.5) is 0 Å². The van der Waals surface area contributed by atoms with Gasteiger partial charge < -0.3 is 4.90 Å². The number of Topliss-reactive ketones (excluding diaryl/α,β-unsaturated/α-hetero) is 1. The standard InChI is InChI=1S/C32H37N3O/c1-23-17-19-27(20-18-23)24(2)30(36)25(3)31-34(22-26-13-9-7-10-14-26)29(28-15-11-8-12-16-28)21-32(4,5)35(31)33-6/h7-20,24,29H,6,21-22H2,1-5H3/b31-25+. The molecule has 1 aliphatic heterocycles. The van der Waals surface area contributed by atoms with Crippen molar-refractivity contribution in [3.63, 3.8) is 0 Å². The minimum absolute atomic E-state index is 0.0897. The molecule has 2 unspecified atom stereocenters. The van der Waals surface area contributed by atoms with Crippen LogP contribution in [0.3, 0.4) is 0 Å². The van der Waals surface area contributed by atoms with Crippen LogP contribution in [0.1, 0.15) is 68.3 Å². The molecule has 3 aromatic carbocycles. The molecule has 1 fully saturated rings. The van der Waals surface area contributed by atoms with E-state index in [9.17, 15) is 4.79 Å². The molecular formula is C32H37N3O. The van der Waals surface area contributed by atoms with Gasteiger partial charge in [-0.1, -0.05) is 97.4 Å². The van der Waals surface area contributed by atoms with Gasteiger partial charge in [-0.3, -0.25) is 4.79 Å². The highest BCUT2D eigenvalue weighted by molar-refractivity contribution is 6.00. The van der Waals surface area contributed by atoms with Gasteiger partial charge in [0.1, 0.15) is 5.82 Å². The Morgan fingerprint density at radius 1 is 1.00 bits per heavy atom. The summed E-state index contributed by atoms with van der Waals surface area (Å²) >= 11 is 0. The van der Waals surface area contributed by atoms with Crippen molar-refractivity contribution in [2.24, 2.45) is 5.10 Å². The van der Waals surface area contributed by atoms with Crippen molar-refractivity contribution in [1.29, 1.82) is 0 Å². The molecule has 0 saturated carbocycles. The van der Waals surface area contributed by atoms with Crippen LogP contribution in [0, 0.1) is 6.92 Å². The van der Waals surface area contributed by atoms with E-state index in [2.05, 4.69) is 110 Å². The summed E-state index contributed by atoms with van der Waals surface area (Å²) in [5, 5.41) is 6.44. The van der Waals surface area contributed by atoms with Crippen LogP contribution in [-0.2, 0) is 11.3 Å². The molecule has 1 aliphatic rings. The SMILES string of the molecule is C=NN1/C(=C(\C)C(=O)C(C)c2ccc(C)cc2)N(Cc2ccccc2)C(c2ccccc2)CC1(C)C. The smallest absolute Gasteiger partial charge is 0.169 e. The fraction of sp³-hybridized carbons (Fsp3) is 0.312. The van der Waals surface area contributed by atoms with E-state index in [1.54, 1.807) is 0 Å². The summed E-state index contributed by atoms with van der Waals surface area (Å²) in [5.41, 5.74) is 5.01. The van der Waals surface area contributed by atoms with Gasteiger partial charge in [-0.25, -0.2) is 5.01 Å². The molecule has 0 aliphatic carbocycles. The molecule has 0 amide bonds. The number of nitrogens with zero attached hydrogens (tertiary/aromatic N) is 3. The summed E-state index contributed by atoms with van der Waals surface area (Å²) in [4.78, 5) is 16.3. The highest BCUT2D eigenvalue weighted by atomic mass is 16.1. The molecule has 0 spiro atoms. The van der Waals surface area contributed by atoms with Crippen LogP contribution in [0.5, 0.6) is 0 Å². The van der Waals surface area contributed by atoms with Crippen LogP contribution in [0.25, 0.3) is 0 Å². The van der Waals surface area contributed by atoms with E-state index >= 15 is 0 Å². The third-order valence-electron chi connectivity index (χ3n) is 7.31. The second-order valence-electron chi connectivity index (χ2n) is 10.5. The summed E-state index contributed by atoms with van der Waals surface area (Å²) < 4.78 is 0. The maximum Gasteiger partial charge on any atom is 0.169 e. The minimum Gasteiger partial charge on any atom is -0.345 e. The van der Waals surface area contributed by atoms with Crippen LogP contribution in [0.2, 0.25) is 0 Å². The molecule has 186 valence electrons. The van der Waals surface area contributed by atoms with Gasteiger partial charge in [0.15, 0.2) is 5.78 Å². The molecule has 4 nitrogen and oxygen atoms in total. The number of hydrogen-bond acceptors (Lipinski definition) is 4. The maximum atomic E-state index is 14.0. The quantitative estimate of drug-likeness (QED) is 0.265. The average Bonchev–Trinajstić information content (AvgIpc) is 2.89. The first-order valence-corrected chi connectivity index (χ1v) is 12.7. The van der Waals surface area contributed by atoms with E-state index in [0.717, 1.165) is 17.8 Å². The normalized spacial score (nSPS) is 19.5. The fourth-order valence-corrected chi connectivity index (χ4v) is 5.24. The Hall–Kier alpha value is -3.66. The van der Waals surface area contributed by atoms with Crippen molar-refractivity contribution in [2.75, 3.05) is 0 Å². The fourth-order valence-electron chi connectivity index (χ4n) is 5.24. The van der Waals surface area contributed by atoms with Crippen LogP contribution in [0.15, 0.2) is 101 Å². The predicted molar refractivity (Wildman–Crippen MR) is 149 cm³/mol. The van der Waals surface area contributed by atoms with Gasteiger partial charge >= 0.3 is 0 Å². The van der Waals surface area contributed by atoms with Crippen LogP contribution < -0.4 is 0 Å². The zero-order chi connectivity index (χ0) is 25.9. The summed E-state index contributed by atoms with van der Waals surface area (Å²) in [6.45, 7) is 15.0. The van der Waals surface area contributed by atoms with E-state index in [-0.39, 0.29) is 23.3 Å². The zero-order valence-corrected chi connectivity index (χ0v) is 22.1. The molecule has 0 bridgehead atoms. The van der Waals surface area contributed by atoms with E-state index in [1.165, 1.54) is 16.7 Å². The molecule has 3 aromatic rings. The number of aryl methyl sites for hydroxylation is 1. The Kier molecular flexibility index (Phi) is 7.44. The summed E-state index contributed by atoms with van der Waals surface area (Å²) in [6.07, 6.45) is 0.849. The molecule has 0 radical (unpaired) electrons. The Morgan fingerprint density at radius 3 is 2.17 bits per heavy atom. The molecule has 0 aromatic heterocycles. The van der Waals surface area contributed by atoms with Gasteiger partial charge in [-0.05, 0) is 50.8 Å². The first-order valence-electron chi connectivity index (χ1n) is 12.7. The van der Waals surface area contributed by atoms with E-state index < -0.39 is 0 Å². The van der Waals surface area contributed by atoms with Crippen molar-refractivity contribution in [2.45, 2.75) is 65.1 Å². The van der Waals surface area contributed by atoms with Crippen molar-refractivity contribution >= 4 is 12.5 Å². The first kappa shape index (κ1) is 25.4. The number of allylic oxidation sites excluding steroid dienone is 1. The minimum atomic E-state index is -0.320. The number of hydrazone groups is 1. The molecule has 1 heterocycles. The van der Waals surface area contributed by atoms with E-state index in [0.29, 0.717) is 12.1 Å². The molecular weight excluding hydrogens is 442 g/mol. The monoisotopic (exact) mass is 479 g/mol. The van der Waals surface area contributed by atoms with Crippen molar-refractivity contribution in [3.05, 3.63) is 119 Å². The highest BCUT2D eigenvalue weighted by Crippen LogP contribution is 2.45. The Bertz CT molecular complexity index is 1230. The Morgan fingerprint density at radius 2 is 1.58 bits per heavy atom. The molecule has 0 N–H and O–H groups in total. The second kappa shape index (κ2) is 10.5. The van der Waals surface area contributed by atoms with Gasteiger partial charge in [0.25, 0.3) is 0 Å². The van der Waals surface area contributed by atoms with Gasteiger partial charge in [0, 0.05) is 24.8 Å². The lowest BCUT2D eigenvalue weighted by Crippen LogP contribution is -2.53. The molecule has 4 heteroatoms. The largest absolute Gasteiger partial charge is 0.345 e. The number of benzene rings is 3. The number of carbonyl (C=O) groups excluding carboxylic acids is 1. The zero-order valence-electron chi connectivity index (χ0n) is 22.1. The topological polar surface area (TPSA) is 35.9 Å². The van der Waals surface area contributed by atoms with Crippen molar-refractivity contribution < 1.29 is 4.79 Å². The third kappa shape index (κ3) is 5.13. The van der Waals surface area contributed by atoms with Gasteiger partial charge in [0.2, 0.25) is 0 Å². The Balaban J connectivity index is 1.86. The molecule has 2 atom stereocenters. The predicted octanol–water partition coefficient (Wildman–Crippen LogP) is 7.24. The summed E-state index contributed by atoms with van der Waals surface area (Å²) in [5.74, 6) is 0.677. The van der Waals surface area contributed by atoms with E-state index in [4.69, 9.17) is 0 Å². The number of rotatable bonds is 7. The number of hydrogen-bond donors (Lipinski definition) is 0. The lowest BCUT2D eigenvalue weighted by atomic mass is 9.84. The maximum absolute atomic E-state index is 14.0. The number of carbonyl (C=O) groups is 1. The van der Waals surface area contributed by atoms with Gasteiger partial charge in [0.05, 0.1) is 11.6 Å². The lowest BCUT2D eigenvalue weighted by molar-refractivity contribution is -0.117. The van der Waals surface area contributed by atoms with Crippen LogP contribution in [-0.4, -0.2) is 27.9 Å². The van der Waals surface area contributed by atoms with Crippen molar-refractivity contribution in [1.82, 2.24) is 9.91 Å². The second-order valence-corrected chi connectivity index (χ2v) is 10.5. The third-order valence-corrected chi connectivity index (χ3v) is 7.31. The van der Waals surface area contributed by atoms with Gasteiger partial charge in [-0.15, -0.1) is 0 Å². The molecule has 36 heavy (non-hydrogen) atoms. The Labute approximate surface area is 216 Å². The summed E-state index contributed by atoms with van der Waals surface area (Å²) in [7, 11) is 0. The van der Waals surface area contributed by atoms with Gasteiger partial charge in [-0.2, -0.15) is 5.10 Å². The highest BCUT2D eigenvalue weighted by Gasteiger charge is 2.44. The van der Waals surface area contributed by atoms with Crippen molar-refractivity contribution in [3.8, 4) is 0 Å².